The van der Waals surface area contributed by atoms with E-state index in [9.17, 15) is 0 Å². The summed E-state index contributed by atoms with van der Waals surface area (Å²) in [4.78, 5) is 11.3. The standard InChI is InChI=1S/C15H26N4/c1-11-10-17-14(16-5)18-13(11)19-8-6-12(7-9-19)15(2,3)4/h10,12H,6-9H2,1-5H3,(H,16,17,18). The fraction of sp³-hybridized carbons (Fsp3) is 0.733. The molecule has 1 aromatic heterocycles. The summed E-state index contributed by atoms with van der Waals surface area (Å²) in [5, 5.41) is 3.02. The fourth-order valence-corrected chi connectivity index (χ4v) is 2.83. The summed E-state index contributed by atoms with van der Waals surface area (Å²) in [6.45, 7) is 11.3. The maximum Gasteiger partial charge on any atom is 0.224 e. The van der Waals surface area contributed by atoms with Crippen molar-refractivity contribution in [3.63, 3.8) is 0 Å². The average Bonchev–Trinajstić information content (AvgIpc) is 2.38. The molecular formula is C15H26N4. The van der Waals surface area contributed by atoms with Crippen molar-refractivity contribution in [2.45, 2.75) is 40.5 Å². The Balaban J connectivity index is 2.09. The highest BCUT2D eigenvalue weighted by Gasteiger charge is 2.29. The van der Waals surface area contributed by atoms with E-state index in [0.717, 1.165) is 30.4 Å². The molecule has 1 aromatic rings. The molecule has 0 atom stereocenters. The number of nitrogens with one attached hydrogen (secondary N) is 1. The van der Waals surface area contributed by atoms with Gasteiger partial charge in [0.15, 0.2) is 0 Å². The van der Waals surface area contributed by atoms with E-state index in [1.807, 2.05) is 13.2 Å². The zero-order valence-electron chi connectivity index (χ0n) is 12.8. The van der Waals surface area contributed by atoms with Gasteiger partial charge in [-0.3, -0.25) is 0 Å². The van der Waals surface area contributed by atoms with E-state index in [2.05, 4.69) is 47.9 Å². The van der Waals surface area contributed by atoms with Crippen LogP contribution in [0, 0.1) is 18.3 Å². The third-order valence-electron chi connectivity index (χ3n) is 4.19. The molecule has 2 rings (SSSR count). The summed E-state index contributed by atoms with van der Waals surface area (Å²) >= 11 is 0. The molecule has 1 aliphatic heterocycles. The van der Waals surface area contributed by atoms with Crippen LogP contribution in [0.3, 0.4) is 0 Å². The molecule has 0 amide bonds. The molecular weight excluding hydrogens is 236 g/mol. The second-order valence-electron chi connectivity index (χ2n) is 6.58. The van der Waals surface area contributed by atoms with Gasteiger partial charge < -0.3 is 10.2 Å². The van der Waals surface area contributed by atoms with Crippen molar-refractivity contribution in [2.24, 2.45) is 11.3 Å². The van der Waals surface area contributed by atoms with Crippen molar-refractivity contribution >= 4 is 11.8 Å². The fourth-order valence-electron chi connectivity index (χ4n) is 2.83. The number of rotatable bonds is 2. The summed E-state index contributed by atoms with van der Waals surface area (Å²) in [6.07, 6.45) is 4.41. The molecule has 106 valence electrons. The van der Waals surface area contributed by atoms with Crippen molar-refractivity contribution in [3.05, 3.63) is 11.8 Å². The Labute approximate surface area is 116 Å². The Morgan fingerprint density at radius 3 is 2.42 bits per heavy atom. The van der Waals surface area contributed by atoms with Crippen LogP contribution in [-0.4, -0.2) is 30.1 Å². The van der Waals surface area contributed by atoms with Gasteiger partial charge in [0.25, 0.3) is 0 Å². The summed E-state index contributed by atoms with van der Waals surface area (Å²) in [5.41, 5.74) is 1.58. The van der Waals surface area contributed by atoms with Crippen molar-refractivity contribution < 1.29 is 0 Å². The Bertz CT molecular complexity index is 428. The molecule has 1 fully saturated rings. The van der Waals surface area contributed by atoms with Crippen molar-refractivity contribution in [1.29, 1.82) is 0 Å². The lowest BCUT2D eigenvalue weighted by atomic mass is 9.75. The monoisotopic (exact) mass is 262 g/mol. The van der Waals surface area contributed by atoms with Crippen molar-refractivity contribution in [3.8, 4) is 0 Å². The van der Waals surface area contributed by atoms with Crippen LogP contribution in [0.4, 0.5) is 11.8 Å². The van der Waals surface area contributed by atoms with Crippen LogP contribution in [0.5, 0.6) is 0 Å². The molecule has 0 aliphatic carbocycles. The van der Waals surface area contributed by atoms with E-state index in [-0.39, 0.29) is 0 Å². The second-order valence-corrected chi connectivity index (χ2v) is 6.58. The van der Waals surface area contributed by atoms with E-state index >= 15 is 0 Å². The normalized spacial score (nSPS) is 17.6. The number of piperidine rings is 1. The number of aromatic nitrogens is 2. The van der Waals surface area contributed by atoms with Crippen molar-refractivity contribution in [2.75, 3.05) is 30.4 Å². The maximum absolute atomic E-state index is 4.61. The molecule has 4 heteroatoms. The summed E-state index contributed by atoms with van der Waals surface area (Å²) in [6, 6.07) is 0. The van der Waals surface area contributed by atoms with Crippen LogP contribution in [0.15, 0.2) is 6.20 Å². The molecule has 1 saturated heterocycles. The van der Waals surface area contributed by atoms with Gasteiger partial charge in [0.1, 0.15) is 5.82 Å². The molecule has 0 unspecified atom stereocenters. The SMILES string of the molecule is CNc1ncc(C)c(N2CCC(C(C)(C)C)CC2)n1. The largest absolute Gasteiger partial charge is 0.357 e. The zero-order valence-corrected chi connectivity index (χ0v) is 12.8. The molecule has 19 heavy (non-hydrogen) atoms. The third kappa shape index (κ3) is 3.17. The first kappa shape index (κ1) is 14.1. The van der Waals surface area contributed by atoms with Gasteiger partial charge in [0.2, 0.25) is 5.95 Å². The molecule has 0 radical (unpaired) electrons. The molecule has 1 N–H and O–H groups in total. The number of hydrogen-bond donors (Lipinski definition) is 1. The van der Waals surface area contributed by atoms with Gasteiger partial charge in [0, 0.05) is 31.9 Å². The molecule has 2 heterocycles. The summed E-state index contributed by atoms with van der Waals surface area (Å²) in [7, 11) is 1.86. The summed E-state index contributed by atoms with van der Waals surface area (Å²) < 4.78 is 0. The van der Waals surface area contributed by atoms with Gasteiger partial charge in [-0.25, -0.2) is 4.98 Å². The number of aryl methyl sites for hydroxylation is 1. The van der Waals surface area contributed by atoms with E-state index in [1.165, 1.54) is 12.8 Å². The first-order valence-corrected chi connectivity index (χ1v) is 7.18. The smallest absolute Gasteiger partial charge is 0.224 e. The van der Waals surface area contributed by atoms with E-state index in [0.29, 0.717) is 11.4 Å². The Morgan fingerprint density at radius 2 is 1.89 bits per heavy atom. The minimum absolute atomic E-state index is 0.420. The molecule has 0 spiro atoms. The van der Waals surface area contributed by atoms with Crippen LogP contribution >= 0.6 is 0 Å². The predicted octanol–water partition coefficient (Wildman–Crippen LogP) is 3.09. The van der Waals surface area contributed by atoms with Crippen LogP contribution < -0.4 is 10.2 Å². The van der Waals surface area contributed by atoms with Crippen molar-refractivity contribution in [1.82, 2.24) is 9.97 Å². The zero-order chi connectivity index (χ0) is 14.0. The van der Waals surface area contributed by atoms with E-state index in [4.69, 9.17) is 0 Å². The Hall–Kier alpha value is -1.32. The lowest BCUT2D eigenvalue weighted by Crippen LogP contribution is -2.38. The van der Waals surface area contributed by atoms with Crippen LogP contribution in [0.1, 0.15) is 39.2 Å². The molecule has 1 aliphatic rings. The van der Waals surface area contributed by atoms with Crippen LogP contribution in [0.2, 0.25) is 0 Å². The molecule has 0 bridgehead atoms. The number of nitrogens with zero attached hydrogens (tertiary/aromatic N) is 3. The molecule has 0 saturated carbocycles. The molecule has 4 nitrogen and oxygen atoms in total. The Morgan fingerprint density at radius 1 is 1.26 bits per heavy atom. The summed E-state index contributed by atoms with van der Waals surface area (Å²) in [5.74, 6) is 2.61. The van der Waals surface area contributed by atoms with Gasteiger partial charge >= 0.3 is 0 Å². The van der Waals surface area contributed by atoms with Gasteiger partial charge in [-0.1, -0.05) is 20.8 Å². The van der Waals surface area contributed by atoms with E-state index in [1.54, 1.807) is 0 Å². The minimum atomic E-state index is 0.420. The highest BCUT2D eigenvalue weighted by atomic mass is 15.2. The predicted molar refractivity (Wildman–Crippen MR) is 80.7 cm³/mol. The van der Waals surface area contributed by atoms with Gasteiger partial charge in [0.05, 0.1) is 0 Å². The number of anilines is 2. The van der Waals surface area contributed by atoms with Crippen LogP contribution in [0.25, 0.3) is 0 Å². The highest BCUT2D eigenvalue weighted by Crippen LogP contribution is 2.35. The van der Waals surface area contributed by atoms with Gasteiger partial charge in [-0.15, -0.1) is 0 Å². The van der Waals surface area contributed by atoms with Gasteiger partial charge in [-0.2, -0.15) is 4.98 Å². The third-order valence-corrected chi connectivity index (χ3v) is 4.19. The first-order chi connectivity index (χ1) is 8.91. The quantitative estimate of drug-likeness (QED) is 0.889. The average molecular weight is 262 g/mol. The van der Waals surface area contributed by atoms with Crippen LogP contribution in [-0.2, 0) is 0 Å². The lowest BCUT2D eigenvalue weighted by molar-refractivity contribution is 0.198. The topological polar surface area (TPSA) is 41.1 Å². The molecule has 0 aromatic carbocycles. The second kappa shape index (κ2) is 5.35. The minimum Gasteiger partial charge on any atom is -0.357 e. The Kier molecular flexibility index (Phi) is 3.97. The van der Waals surface area contributed by atoms with E-state index < -0.39 is 0 Å². The lowest BCUT2D eigenvalue weighted by Gasteiger charge is -2.39. The maximum atomic E-state index is 4.61. The van der Waals surface area contributed by atoms with Gasteiger partial charge in [-0.05, 0) is 31.1 Å². The number of hydrogen-bond acceptors (Lipinski definition) is 4. The first-order valence-electron chi connectivity index (χ1n) is 7.18. The highest BCUT2D eigenvalue weighted by molar-refractivity contribution is 5.49.